The van der Waals surface area contributed by atoms with Crippen molar-refractivity contribution in [3.05, 3.63) is 35.9 Å². The number of carboxylic acids is 1. The highest BCUT2D eigenvalue weighted by atomic mass is 16.4. The quantitative estimate of drug-likeness (QED) is 0.847. The van der Waals surface area contributed by atoms with E-state index in [9.17, 15) is 14.7 Å². The fraction of sp³-hybridized carbons (Fsp3) is 0.579. The summed E-state index contributed by atoms with van der Waals surface area (Å²) in [5, 5.41) is 12.7. The van der Waals surface area contributed by atoms with Crippen LogP contribution in [-0.2, 0) is 15.0 Å². The fourth-order valence-corrected chi connectivity index (χ4v) is 4.25. The molecule has 2 atom stereocenters. The third kappa shape index (κ3) is 2.75. The van der Waals surface area contributed by atoms with Gasteiger partial charge in [-0.3, -0.25) is 9.59 Å². The van der Waals surface area contributed by atoms with Crippen LogP contribution in [0.4, 0.5) is 0 Å². The molecule has 2 aliphatic carbocycles. The molecule has 0 radical (unpaired) electrons. The lowest BCUT2D eigenvalue weighted by Crippen LogP contribution is -2.46. The van der Waals surface area contributed by atoms with Crippen LogP contribution in [0.15, 0.2) is 30.3 Å². The lowest BCUT2D eigenvalue weighted by molar-refractivity contribution is -0.144. The van der Waals surface area contributed by atoms with Gasteiger partial charge in [-0.05, 0) is 36.7 Å². The summed E-state index contributed by atoms with van der Waals surface area (Å²) in [6.45, 7) is 2.02. The SMILES string of the molecule is CCC(CNC(=O)C1CC12CCCC2)(C(=O)O)c1ccccc1. The molecule has 23 heavy (non-hydrogen) atoms. The van der Waals surface area contributed by atoms with Crippen LogP contribution in [0.1, 0.15) is 51.0 Å². The molecule has 4 heteroatoms. The van der Waals surface area contributed by atoms with E-state index in [4.69, 9.17) is 0 Å². The molecule has 1 spiro atoms. The molecule has 0 bridgehead atoms. The molecule has 4 nitrogen and oxygen atoms in total. The number of amides is 1. The van der Waals surface area contributed by atoms with Gasteiger partial charge in [0, 0.05) is 12.5 Å². The molecule has 3 rings (SSSR count). The van der Waals surface area contributed by atoms with Gasteiger partial charge < -0.3 is 10.4 Å². The number of hydrogen-bond donors (Lipinski definition) is 2. The second-order valence-electron chi connectivity index (χ2n) is 7.15. The fourth-order valence-electron chi connectivity index (χ4n) is 4.25. The van der Waals surface area contributed by atoms with Crippen LogP contribution < -0.4 is 5.32 Å². The van der Waals surface area contributed by atoms with E-state index in [1.807, 2.05) is 37.3 Å². The number of aliphatic carboxylic acids is 1. The number of rotatable bonds is 6. The molecule has 1 aromatic carbocycles. The molecular formula is C19H25NO3. The van der Waals surface area contributed by atoms with E-state index >= 15 is 0 Å². The second-order valence-corrected chi connectivity index (χ2v) is 7.15. The van der Waals surface area contributed by atoms with Crippen LogP contribution in [-0.4, -0.2) is 23.5 Å². The van der Waals surface area contributed by atoms with Crippen molar-refractivity contribution in [2.24, 2.45) is 11.3 Å². The maximum atomic E-state index is 12.5. The zero-order chi connectivity index (χ0) is 16.5. The molecule has 0 aromatic heterocycles. The van der Waals surface area contributed by atoms with Gasteiger partial charge in [-0.25, -0.2) is 0 Å². The van der Waals surface area contributed by atoms with Gasteiger partial charge in [0.15, 0.2) is 0 Å². The highest BCUT2D eigenvalue weighted by Crippen LogP contribution is 2.62. The Morgan fingerprint density at radius 1 is 1.26 bits per heavy atom. The van der Waals surface area contributed by atoms with E-state index in [0.717, 1.165) is 24.8 Å². The van der Waals surface area contributed by atoms with Gasteiger partial charge in [0.05, 0.1) is 0 Å². The van der Waals surface area contributed by atoms with Gasteiger partial charge in [0.2, 0.25) is 5.91 Å². The first kappa shape index (κ1) is 16.0. The van der Waals surface area contributed by atoms with E-state index < -0.39 is 11.4 Å². The van der Waals surface area contributed by atoms with E-state index in [2.05, 4.69) is 5.32 Å². The van der Waals surface area contributed by atoms with Crippen molar-refractivity contribution in [1.82, 2.24) is 5.32 Å². The minimum atomic E-state index is -1.05. The summed E-state index contributed by atoms with van der Waals surface area (Å²) in [6.07, 6.45) is 6.19. The molecule has 2 fully saturated rings. The normalized spacial score (nSPS) is 24.1. The number of carbonyl (C=O) groups excluding carboxylic acids is 1. The van der Waals surface area contributed by atoms with Gasteiger partial charge >= 0.3 is 5.97 Å². The van der Waals surface area contributed by atoms with E-state index in [1.165, 1.54) is 12.8 Å². The summed E-state index contributed by atoms with van der Waals surface area (Å²) in [7, 11) is 0. The standard InChI is InChI=1S/C19H25NO3/c1-2-19(17(22)23,14-8-4-3-5-9-14)13-20-16(21)15-12-18(15)10-6-7-11-18/h3-5,8-9,15H,2,6-7,10-13H2,1H3,(H,20,21)(H,22,23). The van der Waals surface area contributed by atoms with E-state index in [-0.39, 0.29) is 23.8 Å². The van der Waals surface area contributed by atoms with Crippen molar-refractivity contribution in [2.45, 2.75) is 50.9 Å². The van der Waals surface area contributed by atoms with Crippen molar-refractivity contribution < 1.29 is 14.7 Å². The minimum absolute atomic E-state index is 0.0434. The predicted octanol–water partition coefficient (Wildman–Crippen LogP) is 3.12. The maximum absolute atomic E-state index is 12.5. The van der Waals surface area contributed by atoms with E-state index in [1.54, 1.807) is 0 Å². The van der Waals surface area contributed by atoms with Crippen LogP contribution >= 0.6 is 0 Å². The Bertz CT molecular complexity index is 592. The first-order valence-corrected chi connectivity index (χ1v) is 8.61. The van der Waals surface area contributed by atoms with Crippen molar-refractivity contribution in [2.75, 3.05) is 6.54 Å². The molecule has 124 valence electrons. The van der Waals surface area contributed by atoms with Crippen LogP contribution in [0, 0.1) is 11.3 Å². The molecule has 0 heterocycles. The molecule has 2 unspecified atom stereocenters. The highest BCUT2D eigenvalue weighted by Gasteiger charge is 2.58. The zero-order valence-electron chi connectivity index (χ0n) is 13.7. The maximum Gasteiger partial charge on any atom is 0.315 e. The Morgan fingerprint density at radius 2 is 1.91 bits per heavy atom. The topological polar surface area (TPSA) is 66.4 Å². The first-order chi connectivity index (χ1) is 11.0. The smallest absolute Gasteiger partial charge is 0.315 e. The largest absolute Gasteiger partial charge is 0.481 e. The van der Waals surface area contributed by atoms with Crippen molar-refractivity contribution in [3.63, 3.8) is 0 Å². The third-order valence-corrected chi connectivity index (χ3v) is 6.01. The van der Waals surface area contributed by atoms with Crippen LogP contribution in [0.25, 0.3) is 0 Å². The van der Waals surface area contributed by atoms with Crippen LogP contribution in [0.5, 0.6) is 0 Å². The van der Waals surface area contributed by atoms with Crippen molar-refractivity contribution >= 4 is 11.9 Å². The average Bonchev–Trinajstić information content (AvgIpc) is 3.06. The minimum Gasteiger partial charge on any atom is -0.481 e. The van der Waals surface area contributed by atoms with Crippen molar-refractivity contribution in [3.8, 4) is 0 Å². The Morgan fingerprint density at radius 3 is 2.48 bits per heavy atom. The Hall–Kier alpha value is -1.84. The van der Waals surface area contributed by atoms with Crippen LogP contribution in [0.3, 0.4) is 0 Å². The lowest BCUT2D eigenvalue weighted by atomic mass is 9.78. The summed E-state index contributed by atoms with van der Waals surface area (Å²) >= 11 is 0. The summed E-state index contributed by atoms with van der Waals surface area (Å²) in [6, 6.07) is 9.23. The number of hydrogen-bond acceptors (Lipinski definition) is 2. The van der Waals surface area contributed by atoms with E-state index in [0.29, 0.717) is 6.42 Å². The second kappa shape index (κ2) is 5.99. The molecule has 1 amide bonds. The van der Waals surface area contributed by atoms with Gasteiger partial charge in [-0.15, -0.1) is 0 Å². The number of benzene rings is 1. The van der Waals surface area contributed by atoms with Gasteiger partial charge in [-0.2, -0.15) is 0 Å². The summed E-state index contributed by atoms with van der Waals surface area (Å²) in [5.41, 5.74) is -0.0505. The van der Waals surface area contributed by atoms with Gasteiger partial charge in [0.25, 0.3) is 0 Å². The monoisotopic (exact) mass is 315 g/mol. The van der Waals surface area contributed by atoms with Gasteiger partial charge in [0.1, 0.15) is 5.41 Å². The Kier molecular flexibility index (Phi) is 4.17. The molecule has 2 saturated carbocycles. The Labute approximate surface area is 137 Å². The average molecular weight is 315 g/mol. The third-order valence-electron chi connectivity index (χ3n) is 6.01. The molecule has 0 aliphatic heterocycles. The number of carboxylic acid groups (broad SMARTS) is 1. The van der Waals surface area contributed by atoms with Crippen molar-refractivity contribution in [1.29, 1.82) is 0 Å². The highest BCUT2D eigenvalue weighted by molar-refractivity contribution is 5.86. The molecule has 0 saturated heterocycles. The summed E-state index contributed by atoms with van der Waals surface area (Å²) < 4.78 is 0. The van der Waals surface area contributed by atoms with Gasteiger partial charge in [-0.1, -0.05) is 50.1 Å². The molecule has 2 N–H and O–H groups in total. The molecular weight excluding hydrogens is 290 g/mol. The zero-order valence-corrected chi connectivity index (χ0v) is 13.7. The molecule has 2 aliphatic rings. The predicted molar refractivity (Wildman–Crippen MR) is 88.1 cm³/mol. The summed E-state index contributed by atoms with van der Waals surface area (Å²) in [5.74, 6) is -0.732. The first-order valence-electron chi connectivity index (χ1n) is 8.61. The Balaban J connectivity index is 1.70. The number of carbonyl (C=O) groups is 2. The molecule has 1 aromatic rings. The number of nitrogens with one attached hydrogen (secondary N) is 1. The lowest BCUT2D eigenvalue weighted by Gasteiger charge is -2.29. The summed E-state index contributed by atoms with van der Waals surface area (Å²) in [4.78, 5) is 24.4. The van der Waals surface area contributed by atoms with Crippen LogP contribution in [0.2, 0.25) is 0 Å².